The minimum absolute atomic E-state index is 0.169. The topological polar surface area (TPSA) is 186 Å². The zero-order valence-corrected chi connectivity index (χ0v) is 32.5. The molecule has 51 heavy (non-hydrogen) atoms. The maximum Gasteiger partial charge on any atom is 0.306 e. The first-order chi connectivity index (χ1) is 24.5. The lowest BCUT2D eigenvalue weighted by Gasteiger charge is -2.40. The number of hydrogen-bond acceptors (Lipinski definition) is 11. The molecule has 13 heteroatoms. The molecule has 0 aromatic rings. The highest BCUT2D eigenvalue weighted by Crippen LogP contribution is 2.24. The summed E-state index contributed by atoms with van der Waals surface area (Å²) < 4.78 is 53.7. The first kappa shape index (κ1) is 47.7. The minimum Gasteiger partial charge on any atom is -0.462 e. The molecule has 0 aliphatic carbocycles. The highest BCUT2D eigenvalue weighted by molar-refractivity contribution is 7.85. The summed E-state index contributed by atoms with van der Waals surface area (Å²) in [6.07, 6.45) is 17.5. The lowest BCUT2D eigenvalue weighted by Crippen LogP contribution is -2.60. The van der Waals surface area contributed by atoms with Crippen LogP contribution in [0.4, 0.5) is 0 Å². The fourth-order valence-electron chi connectivity index (χ4n) is 6.26. The van der Waals surface area contributed by atoms with Gasteiger partial charge in [-0.05, 0) is 12.8 Å². The zero-order valence-electron chi connectivity index (χ0n) is 31.7. The van der Waals surface area contributed by atoms with Crippen LogP contribution in [0.5, 0.6) is 0 Å². The van der Waals surface area contributed by atoms with E-state index in [0.717, 1.165) is 38.5 Å². The van der Waals surface area contributed by atoms with Crippen LogP contribution >= 0.6 is 0 Å². The van der Waals surface area contributed by atoms with Gasteiger partial charge in [0.25, 0.3) is 10.1 Å². The molecule has 6 atom stereocenters. The van der Waals surface area contributed by atoms with Crippen molar-refractivity contribution >= 4 is 22.1 Å². The summed E-state index contributed by atoms with van der Waals surface area (Å²) >= 11 is 0. The second kappa shape index (κ2) is 30.0. The van der Waals surface area contributed by atoms with E-state index in [0.29, 0.717) is 12.8 Å². The third-order valence-corrected chi connectivity index (χ3v) is 10.2. The largest absolute Gasteiger partial charge is 0.462 e. The molecule has 0 bridgehead atoms. The first-order valence-corrected chi connectivity index (χ1v) is 21.7. The molecule has 1 heterocycles. The van der Waals surface area contributed by atoms with Crippen LogP contribution in [0.3, 0.4) is 0 Å². The summed E-state index contributed by atoms with van der Waals surface area (Å²) in [7, 11) is -4.59. The minimum atomic E-state index is -4.59. The van der Waals surface area contributed by atoms with Crippen molar-refractivity contribution in [3.8, 4) is 0 Å². The Labute approximate surface area is 308 Å². The Morgan fingerprint density at radius 3 is 1.43 bits per heavy atom. The molecule has 2 unspecified atom stereocenters. The lowest BCUT2D eigenvalue weighted by molar-refractivity contribution is -0.297. The maximum atomic E-state index is 12.7. The van der Waals surface area contributed by atoms with Gasteiger partial charge < -0.3 is 34.3 Å². The Morgan fingerprint density at radius 1 is 0.588 bits per heavy atom. The van der Waals surface area contributed by atoms with Gasteiger partial charge in [-0.2, -0.15) is 8.42 Å². The second-order valence-corrected chi connectivity index (χ2v) is 15.8. The van der Waals surface area contributed by atoms with Crippen LogP contribution in [-0.2, 0) is 38.7 Å². The molecule has 12 nitrogen and oxygen atoms in total. The summed E-state index contributed by atoms with van der Waals surface area (Å²) in [5.74, 6) is -1.97. The molecular weight excluding hydrogens is 680 g/mol. The summed E-state index contributed by atoms with van der Waals surface area (Å²) in [6, 6.07) is 0. The Morgan fingerprint density at radius 2 is 1.00 bits per heavy atom. The monoisotopic (exact) mass is 752 g/mol. The van der Waals surface area contributed by atoms with E-state index in [1.165, 1.54) is 96.3 Å². The van der Waals surface area contributed by atoms with Gasteiger partial charge >= 0.3 is 11.9 Å². The number of esters is 2. The molecule has 0 aromatic heterocycles. The van der Waals surface area contributed by atoms with Crippen LogP contribution in [0.2, 0.25) is 0 Å². The summed E-state index contributed by atoms with van der Waals surface area (Å²) in [5.41, 5.74) is 0. The van der Waals surface area contributed by atoms with Crippen molar-refractivity contribution in [3.63, 3.8) is 0 Å². The van der Waals surface area contributed by atoms with Crippen molar-refractivity contribution in [1.29, 1.82) is 0 Å². The molecule has 1 rings (SSSR count). The molecule has 1 fully saturated rings. The predicted octanol–water partition coefficient (Wildman–Crippen LogP) is 6.95. The normalized spacial score (nSPS) is 21.4. The fraction of sp³-hybridized carbons (Fsp3) is 0.947. The number of carbonyl (C=O) groups is 2. The van der Waals surface area contributed by atoms with Crippen molar-refractivity contribution in [2.24, 2.45) is 0 Å². The van der Waals surface area contributed by atoms with Crippen LogP contribution in [0.15, 0.2) is 0 Å². The van der Waals surface area contributed by atoms with Crippen molar-refractivity contribution in [3.05, 3.63) is 0 Å². The van der Waals surface area contributed by atoms with Gasteiger partial charge in [0.15, 0.2) is 12.4 Å². The van der Waals surface area contributed by atoms with E-state index < -0.39 is 71.2 Å². The summed E-state index contributed by atoms with van der Waals surface area (Å²) in [5, 5.41) is 30.7. The number of carbonyl (C=O) groups excluding carboxylic acids is 2. The van der Waals surface area contributed by atoms with Crippen LogP contribution < -0.4 is 0 Å². The SMILES string of the molecule is CCCCCCCCCCCCCCCCCC(=O)OC[C@H](CO[C@H]1O[C@H](CS(=O)(=O)O)[C@@H](O)C(O)C1O)OC(=O)CCCCCCCCCC. The summed E-state index contributed by atoms with van der Waals surface area (Å²) in [6.45, 7) is 3.71. The van der Waals surface area contributed by atoms with Gasteiger partial charge in [-0.15, -0.1) is 0 Å². The van der Waals surface area contributed by atoms with Gasteiger partial charge in [0, 0.05) is 12.8 Å². The van der Waals surface area contributed by atoms with E-state index in [1.807, 2.05) is 0 Å². The third-order valence-electron chi connectivity index (χ3n) is 9.44. The Balaban J connectivity index is 2.45. The van der Waals surface area contributed by atoms with Crippen molar-refractivity contribution in [2.45, 2.75) is 211 Å². The molecule has 0 amide bonds. The van der Waals surface area contributed by atoms with Crippen molar-refractivity contribution < 1.29 is 56.8 Å². The highest BCUT2D eigenvalue weighted by Gasteiger charge is 2.46. The average Bonchev–Trinajstić information content (AvgIpc) is 3.09. The zero-order chi connectivity index (χ0) is 37.7. The second-order valence-electron chi connectivity index (χ2n) is 14.3. The third kappa shape index (κ3) is 25.3. The van der Waals surface area contributed by atoms with Gasteiger partial charge in [-0.1, -0.05) is 149 Å². The molecule has 0 saturated carbocycles. The van der Waals surface area contributed by atoms with Crippen LogP contribution in [0.1, 0.15) is 174 Å². The maximum absolute atomic E-state index is 12.7. The number of ether oxygens (including phenoxy) is 4. The molecule has 4 N–H and O–H groups in total. The van der Waals surface area contributed by atoms with E-state index in [1.54, 1.807) is 0 Å². The molecule has 0 radical (unpaired) electrons. The standard InChI is InChI=1S/C38H72O12S/c1-3-5-7-9-11-13-14-15-16-17-18-19-21-22-24-26-33(39)47-28-31(49-34(40)27-25-23-20-12-10-8-6-4-2)29-48-38-37(43)36(42)35(41)32(50-38)30-51(44,45)46/h31-32,35-38,41-43H,3-30H2,1-2H3,(H,44,45,46)/t31-,32-,35-,36?,37?,38+/m1/s1. The molecule has 1 aliphatic rings. The number of aliphatic hydroxyl groups is 3. The van der Waals surface area contributed by atoms with E-state index in [-0.39, 0.29) is 19.4 Å². The van der Waals surface area contributed by atoms with Gasteiger partial charge in [-0.3, -0.25) is 14.1 Å². The Hall–Kier alpha value is -1.35. The average molecular weight is 753 g/mol. The van der Waals surface area contributed by atoms with Crippen LogP contribution in [0, 0.1) is 0 Å². The molecule has 1 saturated heterocycles. The van der Waals surface area contributed by atoms with Gasteiger partial charge in [0.05, 0.1) is 6.61 Å². The molecule has 0 aromatic carbocycles. The number of hydrogen-bond donors (Lipinski definition) is 4. The molecule has 0 spiro atoms. The van der Waals surface area contributed by atoms with E-state index in [2.05, 4.69) is 13.8 Å². The van der Waals surface area contributed by atoms with E-state index in [9.17, 15) is 37.9 Å². The van der Waals surface area contributed by atoms with Gasteiger partial charge in [0.2, 0.25) is 0 Å². The van der Waals surface area contributed by atoms with E-state index >= 15 is 0 Å². The molecule has 302 valence electrons. The van der Waals surface area contributed by atoms with Crippen molar-refractivity contribution in [2.75, 3.05) is 19.0 Å². The van der Waals surface area contributed by atoms with Crippen LogP contribution in [0.25, 0.3) is 0 Å². The number of aliphatic hydroxyl groups excluding tert-OH is 3. The molecular formula is C38H72O12S. The highest BCUT2D eigenvalue weighted by atomic mass is 32.2. The number of rotatable bonds is 33. The Kier molecular flexibility index (Phi) is 28.1. The fourth-order valence-corrected chi connectivity index (χ4v) is 6.96. The smallest absolute Gasteiger partial charge is 0.306 e. The first-order valence-electron chi connectivity index (χ1n) is 20.1. The Bertz CT molecular complexity index is 978. The predicted molar refractivity (Wildman–Crippen MR) is 197 cm³/mol. The quantitative estimate of drug-likeness (QED) is 0.0308. The van der Waals surface area contributed by atoms with Crippen molar-refractivity contribution in [1.82, 2.24) is 0 Å². The lowest BCUT2D eigenvalue weighted by atomic mass is 10.00. The van der Waals surface area contributed by atoms with Gasteiger partial charge in [0.1, 0.15) is 36.8 Å². The summed E-state index contributed by atoms with van der Waals surface area (Å²) in [4.78, 5) is 25.2. The molecule has 1 aliphatic heterocycles. The van der Waals surface area contributed by atoms with Crippen LogP contribution in [-0.4, -0.2) is 96.0 Å². The van der Waals surface area contributed by atoms with Gasteiger partial charge in [-0.25, -0.2) is 0 Å². The number of unbranched alkanes of at least 4 members (excludes halogenated alkanes) is 21. The van der Waals surface area contributed by atoms with E-state index in [4.69, 9.17) is 18.9 Å².